The van der Waals surface area contributed by atoms with Crippen molar-refractivity contribution in [3.63, 3.8) is 0 Å². The van der Waals surface area contributed by atoms with Gasteiger partial charge in [0.25, 0.3) is 0 Å². The first-order valence-corrected chi connectivity index (χ1v) is 33.6. The van der Waals surface area contributed by atoms with Crippen LogP contribution in [0.4, 0.5) is 0 Å². The van der Waals surface area contributed by atoms with Crippen molar-refractivity contribution in [1.82, 2.24) is 5.32 Å². The Morgan fingerprint density at radius 1 is 0.436 bits per heavy atom. The third-order valence-corrected chi connectivity index (χ3v) is 15.4. The summed E-state index contributed by atoms with van der Waals surface area (Å²) in [5.74, 6) is -2.74. The molecule has 16 heteroatoms. The first-order valence-electron chi connectivity index (χ1n) is 32.1. The lowest BCUT2D eigenvalue weighted by atomic mass is 10.0. The number of carbonyl (C=O) groups excluding carboxylic acids is 5. The molecule has 0 saturated carbocycles. The van der Waals surface area contributed by atoms with Gasteiger partial charge in [-0.25, -0.2) is 4.57 Å². The number of esters is 3. The normalized spacial score (nSPS) is 14.1. The van der Waals surface area contributed by atoms with Crippen molar-refractivity contribution >= 4 is 37.9 Å². The topological polar surface area (TPSA) is 232 Å². The first kappa shape index (κ1) is 75.6. The number of hydrogen-bond donors (Lipinski definition) is 5. The van der Waals surface area contributed by atoms with E-state index in [2.05, 4.69) is 33.0 Å². The molecule has 0 saturated heterocycles. The number of hydrogen-bond acceptors (Lipinski definition) is 12. The van der Waals surface area contributed by atoms with Gasteiger partial charge in [0.15, 0.2) is 6.10 Å². The molecular formula is C62H118NO14P. The summed E-state index contributed by atoms with van der Waals surface area (Å²) in [5, 5.41) is 23.3. The second-order valence-corrected chi connectivity index (χ2v) is 23.6. The molecule has 0 aromatic heterocycles. The van der Waals surface area contributed by atoms with Gasteiger partial charge >= 0.3 is 25.7 Å². The third kappa shape index (κ3) is 47.2. The monoisotopic (exact) mass is 1130 g/mol. The Kier molecular flexibility index (Phi) is 52.2. The van der Waals surface area contributed by atoms with Gasteiger partial charge in [-0.3, -0.25) is 23.7 Å². The quantitative estimate of drug-likeness (QED) is 0.0125. The van der Waals surface area contributed by atoms with E-state index in [4.69, 9.17) is 18.7 Å². The van der Waals surface area contributed by atoms with Crippen molar-refractivity contribution in [3.05, 3.63) is 0 Å². The number of rotatable bonds is 59. The second-order valence-electron chi connectivity index (χ2n) is 22.4. The SMILES string of the molecule is CCCCCCCCCCCCCC(=O)O[C@H](CCCCCCCCCCC)CC(=O)N[C@@H](C=O)[C@@H](OC(=O)C[C@@H](CCCCCCCCCCC)OC(=O)CCCCCCCCCCCCC)[C@H](OP(=O)(O)O)[C@H](O)CO. The Labute approximate surface area is 475 Å². The average molecular weight is 1130 g/mol. The van der Waals surface area contributed by atoms with Crippen molar-refractivity contribution in [2.24, 2.45) is 0 Å². The number of ether oxygens (including phenoxy) is 3. The molecule has 0 bridgehead atoms. The summed E-state index contributed by atoms with van der Waals surface area (Å²) < 4.78 is 34.7. The standard InChI is InChI=1S/C62H118NO14P/c1-5-9-13-17-21-25-27-31-35-39-43-47-58(68)74-53(45-41-37-33-29-23-19-15-11-7-3)49-57(67)63-55(51-64)61(62(56(66)52-65)77-78(71,72)73)76-60(70)50-54(46-42-38-34-30-24-20-16-12-8-4)75-59(69)48-44-40-36-32-28-26-22-18-14-10-6-2/h51,53-56,61-62,65-66H,5-50,52H2,1-4H3,(H,63,67)(H2,71,72,73)/t53-,54-,55+,56-,61-,62-/m1/s1. The Morgan fingerprint density at radius 2 is 0.744 bits per heavy atom. The molecule has 1 amide bonds. The molecule has 15 nitrogen and oxygen atoms in total. The maximum absolute atomic E-state index is 13.9. The van der Waals surface area contributed by atoms with Crippen LogP contribution >= 0.6 is 7.82 Å². The van der Waals surface area contributed by atoms with Gasteiger partial charge in [0.2, 0.25) is 5.91 Å². The number of phosphoric acid groups is 1. The summed E-state index contributed by atoms with van der Waals surface area (Å²) in [6.07, 6.45) is 35.9. The number of nitrogens with one attached hydrogen (secondary N) is 1. The second kappa shape index (κ2) is 53.9. The molecule has 460 valence electrons. The number of aldehydes is 1. The van der Waals surface area contributed by atoms with E-state index in [-0.39, 0.29) is 25.5 Å². The van der Waals surface area contributed by atoms with E-state index in [0.717, 1.165) is 89.9 Å². The van der Waals surface area contributed by atoms with E-state index in [0.29, 0.717) is 38.5 Å². The van der Waals surface area contributed by atoms with Crippen LogP contribution in [0.15, 0.2) is 0 Å². The van der Waals surface area contributed by atoms with Crippen LogP contribution in [0.1, 0.15) is 323 Å². The first-order chi connectivity index (χ1) is 37.7. The summed E-state index contributed by atoms with van der Waals surface area (Å²) >= 11 is 0. The highest BCUT2D eigenvalue weighted by Crippen LogP contribution is 2.40. The summed E-state index contributed by atoms with van der Waals surface area (Å²) in [5.41, 5.74) is 0. The van der Waals surface area contributed by atoms with Crippen molar-refractivity contribution in [3.8, 4) is 0 Å². The Morgan fingerprint density at radius 3 is 1.05 bits per heavy atom. The molecule has 6 atom stereocenters. The molecule has 0 rings (SSSR count). The van der Waals surface area contributed by atoms with Gasteiger partial charge in [0.05, 0.1) is 19.4 Å². The maximum Gasteiger partial charge on any atom is 0.470 e. The molecule has 0 radical (unpaired) electrons. The largest absolute Gasteiger partial charge is 0.470 e. The van der Waals surface area contributed by atoms with Crippen LogP contribution in [-0.2, 0) is 47.3 Å². The number of aliphatic hydroxyl groups is 2. The van der Waals surface area contributed by atoms with Gasteiger partial charge in [-0.2, -0.15) is 0 Å². The highest BCUT2D eigenvalue weighted by atomic mass is 31.2. The molecule has 0 aromatic rings. The molecule has 0 spiro atoms. The van der Waals surface area contributed by atoms with Gasteiger partial charge in [0.1, 0.15) is 36.7 Å². The zero-order valence-corrected chi connectivity index (χ0v) is 51.0. The minimum atomic E-state index is -5.49. The highest BCUT2D eigenvalue weighted by molar-refractivity contribution is 7.46. The van der Waals surface area contributed by atoms with E-state index >= 15 is 0 Å². The number of phosphoric ester groups is 1. The smallest absolute Gasteiger partial charge is 0.462 e. The number of carbonyl (C=O) groups is 5. The molecule has 5 N–H and O–H groups in total. The van der Waals surface area contributed by atoms with Gasteiger partial charge in [-0.15, -0.1) is 0 Å². The van der Waals surface area contributed by atoms with E-state index in [1.54, 1.807) is 0 Å². The van der Waals surface area contributed by atoms with Gasteiger partial charge in [-0.05, 0) is 38.5 Å². The molecule has 0 aliphatic rings. The fourth-order valence-corrected chi connectivity index (χ4v) is 10.7. The van der Waals surface area contributed by atoms with Crippen molar-refractivity contribution in [1.29, 1.82) is 0 Å². The Balaban J connectivity index is 6.12. The molecule has 0 aromatic carbocycles. The fourth-order valence-electron chi connectivity index (χ4n) is 10.1. The molecule has 0 fully saturated rings. The van der Waals surface area contributed by atoms with Gasteiger partial charge in [0, 0.05) is 12.8 Å². The number of unbranched alkanes of at least 4 members (excludes halogenated alkanes) is 36. The van der Waals surface area contributed by atoms with Crippen LogP contribution < -0.4 is 5.32 Å². The van der Waals surface area contributed by atoms with E-state index in [1.165, 1.54) is 141 Å². The summed E-state index contributed by atoms with van der Waals surface area (Å²) in [4.78, 5) is 87.0. The van der Waals surface area contributed by atoms with Crippen LogP contribution in [0.2, 0.25) is 0 Å². The lowest BCUT2D eigenvalue weighted by Gasteiger charge is -2.33. The van der Waals surface area contributed by atoms with Crippen molar-refractivity contribution in [2.45, 2.75) is 360 Å². The van der Waals surface area contributed by atoms with Crippen molar-refractivity contribution in [2.75, 3.05) is 6.61 Å². The summed E-state index contributed by atoms with van der Waals surface area (Å²) in [6.45, 7) is 7.67. The minimum absolute atomic E-state index is 0.165. The predicted molar refractivity (Wildman–Crippen MR) is 313 cm³/mol. The molecule has 78 heavy (non-hydrogen) atoms. The van der Waals surface area contributed by atoms with Crippen LogP contribution in [-0.4, -0.2) is 93.3 Å². The van der Waals surface area contributed by atoms with Crippen LogP contribution in [0, 0.1) is 0 Å². The summed E-state index contributed by atoms with van der Waals surface area (Å²) in [6, 6.07) is -1.85. The minimum Gasteiger partial charge on any atom is -0.462 e. The Bertz CT molecular complexity index is 1480. The van der Waals surface area contributed by atoms with Gasteiger partial charge < -0.3 is 44.3 Å². The molecule has 0 heterocycles. The maximum atomic E-state index is 13.9. The lowest BCUT2D eigenvalue weighted by molar-refractivity contribution is -0.169. The lowest BCUT2D eigenvalue weighted by Crippen LogP contribution is -2.56. The Hall–Kier alpha value is -2.42. The number of amides is 1. The molecule has 0 unspecified atom stereocenters. The molecule has 0 aliphatic carbocycles. The predicted octanol–water partition coefficient (Wildman–Crippen LogP) is 15.3. The van der Waals surface area contributed by atoms with Crippen LogP contribution in [0.25, 0.3) is 0 Å². The van der Waals surface area contributed by atoms with Crippen LogP contribution in [0.3, 0.4) is 0 Å². The zero-order chi connectivity index (χ0) is 57.8. The van der Waals surface area contributed by atoms with Gasteiger partial charge in [-0.1, -0.05) is 259 Å². The number of aliphatic hydroxyl groups excluding tert-OH is 2. The highest BCUT2D eigenvalue weighted by Gasteiger charge is 2.43. The third-order valence-electron chi connectivity index (χ3n) is 14.9. The van der Waals surface area contributed by atoms with E-state index < -0.39 is 81.2 Å². The fraction of sp³-hybridized carbons (Fsp3) is 0.919. The zero-order valence-electron chi connectivity index (χ0n) is 50.1. The summed E-state index contributed by atoms with van der Waals surface area (Å²) in [7, 11) is -5.49. The average Bonchev–Trinajstić information content (AvgIpc) is 3.40. The van der Waals surface area contributed by atoms with E-state index in [1.807, 2.05) is 0 Å². The van der Waals surface area contributed by atoms with Crippen molar-refractivity contribution < 1.29 is 67.3 Å². The van der Waals surface area contributed by atoms with E-state index in [9.17, 15) is 48.5 Å². The molecular weight excluding hydrogens is 1010 g/mol. The van der Waals surface area contributed by atoms with Crippen LogP contribution in [0.5, 0.6) is 0 Å². The molecule has 0 aliphatic heterocycles.